The first kappa shape index (κ1) is 15.7. The first-order chi connectivity index (χ1) is 11.4. The number of aryl methyl sites for hydroxylation is 2. The lowest BCUT2D eigenvalue weighted by Crippen LogP contribution is -2.17. The third kappa shape index (κ3) is 3.95. The zero-order chi connectivity index (χ0) is 15.9. The summed E-state index contributed by atoms with van der Waals surface area (Å²) in [7, 11) is 0. The van der Waals surface area contributed by atoms with E-state index in [-0.39, 0.29) is 0 Å². The molecule has 2 aromatic heterocycles. The van der Waals surface area contributed by atoms with Crippen molar-refractivity contribution in [3.8, 4) is 0 Å². The second-order valence-electron chi connectivity index (χ2n) is 5.71. The highest BCUT2D eigenvalue weighted by Crippen LogP contribution is 2.28. The molecule has 0 atom stereocenters. The van der Waals surface area contributed by atoms with Crippen LogP contribution in [0.1, 0.15) is 32.1 Å². The Morgan fingerprint density at radius 1 is 1.22 bits per heavy atom. The van der Waals surface area contributed by atoms with Crippen molar-refractivity contribution in [3.05, 3.63) is 18.6 Å². The first-order valence-corrected chi connectivity index (χ1v) is 8.31. The van der Waals surface area contributed by atoms with Crippen molar-refractivity contribution >= 4 is 17.5 Å². The molecule has 3 N–H and O–H groups in total. The molecule has 0 radical (unpaired) electrons. The SMILES string of the molecule is NCCCCCCn1ccnc1N=Nc1cnn2c1NCCC2. The first-order valence-electron chi connectivity index (χ1n) is 8.31. The Kier molecular flexibility index (Phi) is 5.36. The zero-order valence-corrected chi connectivity index (χ0v) is 13.4. The number of nitrogens with one attached hydrogen (secondary N) is 1. The summed E-state index contributed by atoms with van der Waals surface area (Å²) in [5.74, 6) is 1.58. The number of unbranched alkanes of at least 4 members (excludes halogenated alkanes) is 3. The smallest absolute Gasteiger partial charge is 0.249 e. The second-order valence-corrected chi connectivity index (χ2v) is 5.71. The normalized spacial score (nSPS) is 14.1. The molecule has 3 heterocycles. The highest BCUT2D eigenvalue weighted by Gasteiger charge is 2.14. The van der Waals surface area contributed by atoms with Crippen LogP contribution in [0, 0.1) is 0 Å². The van der Waals surface area contributed by atoms with Gasteiger partial charge in [-0.25, -0.2) is 9.67 Å². The van der Waals surface area contributed by atoms with Crippen LogP contribution >= 0.6 is 0 Å². The number of hydrogen-bond acceptors (Lipinski definition) is 6. The van der Waals surface area contributed by atoms with Gasteiger partial charge in [0.1, 0.15) is 5.69 Å². The van der Waals surface area contributed by atoms with Gasteiger partial charge in [0, 0.05) is 32.0 Å². The van der Waals surface area contributed by atoms with Gasteiger partial charge in [0.05, 0.1) is 6.20 Å². The number of rotatable bonds is 8. The Bertz CT molecular complexity index is 642. The monoisotopic (exact) mass is 316 g/mol. The van der Waals surface area contributed by atoms with Crippen LogP contribution in [0.3, 0.4) is 0 Å². The van der Waals surface area contributed by atoms with E-state index >= 15 is 0 Å². The molecule has 0 saturated carbocycles. The maximum absolute atomic E-state index is 5.51. The number of azo groups is 1. The number of anilines is 1. The second kappa shape index (κ2) is 7.87. The van der Waals surface area contributed by atoms with E-state index in [9.17, 15) is 0 Å². The molecule has 8 nitrogen and oxygen atoms in total. The molecule has 0 bridgehead atoms. The van der Waals surface area contributed by atoms with E-state index in [4.69, 9.17) is 5.73 Å². The van der Waals surface area contributed by atoms with Crippen LogP contribution in [-0.2, 0) is 13.1 Å². The maximum atomic E-state index is 5.51. The molecule has 0 unspecified atom stereocenters. The minimum Gasteiger partial charge on any atom is -0.368 e. The minimum atomic E-state index is 0.639. The Balaban J connectivity index is 1.60. The fraction of sp³-hybridized carbons (Fsp3) is 0.600. The predicted octanol–water partition coefficient (Wildman–Crippen LogP) is 2.83. The minimum absolute atomic E-state index is 0.639. The van der Waals surface area contributed by atoms with Crippen LogP contribution in [0.25, 0.3) is 0 Å². The Morgan fingerprint density at radius 2 is 2.13 bits per heavy atom. The van der Waals surface area contributed by atoms with Gasteiger partial charge in [0.15, 0.2) is 5.82 Å². The lowest BCUT2D eigenvalue weighted by atomic mass is 10.2. The van der Waals surface area contributed by atoms with E-state index in [0.717, 1.165) is 56.9 Å². The summed E-state index contributed by atoms with van der Waals surface area (Å²) >= 11 is 0. The van der Waals surface area contributed by atoms with Crippen molar-refractivity contribution in [1.82, 2.24) is 19.3 Å². The Hall–Kier alpha value is -2.22. The topological polar surface area (TPSA) is 98.4 Å². The van der Waals surface area contributed by atoms with Gasteiger partial charge < -0.3 is 15.6 Å². The van der Waals surface area contributed by atoms with E-state index in [1.165, 1.54) is 12.8 Å². The maximum Gasteiger partial charge on any atom is 0.249 e. The average Bonchev–Trinajstić information content (AvgIpc) is 3.19. The van der Waals surface area contributed by atoms with Crippen molar-refractivity contribution < 1.29 is 0 Å². The molecule has 2 aromatic rings. The van der Waals surface area contributed by atoms with Gasteiger partial charge in [-0.3, -0.25) is 0 Å². The van der Waals surface area contributed by atoms with Crippen molar-refractivity contribution in [2.24, 2.45) is 16.0 Å². The molecule has 0 aromatic carbocycles. The fourth-order valence-electron chi connectivity index (χ4n) is 2.69. The zero-order valence-electron chi connectivity index (χ0n) is 13.4. The fourth-order valence-corrected chi connectivity index (χ4v) is 2.69. The Morgan fingerprint density at radius 3 is 3.04 bits per heavy atom. The van der Waals surface area contributed by atoms with E-state index in [1.807, 2.05) is 15.4 Å². The van der Waals surface area contributed by atoms with Crippen LogP contribution in [0.5, 0.6) is 0 Å². The summed E-state index contributed by atoms with van der Waals surface area (Å²) in [6.45, 7) is 3.55. The van der Waals surface area contributed by atoms with Crippen LogP contribution in [0.2, 0.25) is 0 Å². The number of nitrogens with zero attached hydrogens (tertiary/aromatic N) is 6. The highest BCUT2D eigenvalue weighted by molar-refractivity contribution is 5.60. The number of imidazole rings is 1. The molecule has 3 rings (SSSR count). The lowest BCUT2D eigenvalue weighted by molar-refractivity contribution is 0.567. The van der Waals surface area contributed by atoms with Gasteiger partial charge in [-0.05, 0) is 25.8 Å². The lowest BCUT2D eigenvalue weighted by Gasteiger charge is -2.15. The van der Waals surface area contributed by atoms with E-state index in [1.54, 1.807) is 12.4 Å². The number of fused-ring (bicyclic) bond motifs is 1. The number of nitrogens with two attached hydrogens (primary N) is 1. The molecule has 0 spiro atoms. The van der Waals surface area contributed by atoms with E-state index in [0.29, 0.717) is 5.95 Å². The largest absolute Gasteiger partial charge is 0.368 e. The van der Waals surface area contributed by atoms with Gasteiger partial charge in [-0.15, -0.1) is 10.2 Å². The average molecular weight is 316 g/mol. The molecule has 8 heteroatoms. The summed E-state index contributed by atoms with van der Waals surface area (Å²) < 4.78 is 3.97. The summed E-state index contributed by atoms with van der Waals surface area (Å²) in [6, 6.07) is 0. The summed E-state index contributed by atoms with van der Waals surface area (Å²) in [6.07, 6.45) is 11.1. The van der Waals surface area contributed by atoms with Crippen molar-refractivity contribution in [2.45, 2.75) is 45.2 Å². The quantitative estimate of drug-likeness (QED) is 0.578. The third-order valence-electron chi connectivity index (χ3n) is 3.95. The number of hydrogen-bond donors (Lipinski definition) is 2. The van der Waals surface area contributed by atoms with E-state index < -0.39 is 0 Å². The summed E-state index contributed by atoms with van der Waals surface area (Å²) in [4.78, 5) is 4.28. The van der Waals surface area contributed by atoms with Crippen LogP contribution < -0.4 is 11.1 Å². The van der Waals surface area contributed by atoms with Crippen LogP contribution in [0.15, 0.2) is 28.8 Å². The standard InChI is InChI=1S/C15H24N8/c16-6-3-1-2-4-9-22-11-8-18-15(22)21-20-13-12-19-23-10-5-7-17-14(13)23/h8,11-12,17H,1-7,9-10,16H2. The number of aromatic nitrogens is 4. The third-order valence-corrected chi connectivity index (χ3v) is 3.95. The molecular formula is C15H24N8. The molecule has 1 aliphatic rings. The van der Waals surface area contributed by atoms with Crippen LogP contribution in [-0.4, -0.2) is 32.4 Å². The summed E-state index contributed by atoms with van der Waals surface area (Å²) in [5.41, 5.74) is 6.28. The molecule has 0 amide bonds. The predicted molar refractivity (Wildman–Crippen MR) is 89.3 cm³/mol. The van der Waals surface area contributed by atoms with Gasteiger partial charge >= 0.3 is 0 Å². The molecule has 124 valence electrons. The van der Waals surface area contributed by atoms with Gasteiger partial charge in [0.2, 0.25) is 5.95 Å². The van der Waals surface area contributed by atoms with Crippen LogP contribution in [0.4, 0.5) is 17.5 Å². The van der Waals surface area contributed by atoms with Crippen molar-refractivity contribution in [3.63, 3.8) is 0 Å². The molecule has 0 saturated heterocycles. The van der Waals surface area contributed by atoms with Crippen molar-refractivity contribution in [1.29, 1.82) is 0 Å². The van der Waals surface area contributed by atoms with Gasteiger partial charge in [-0.2, -0.15) is 5.10 Å². The molecule has 0 fully saturated rings. The Labute approximate surface area is 135 Å². The molecule has 1 aliphatic heterocycles. The molecular weight excluding hydrogens is 292 g/mol. The van der Waals surface area contributed by atoms with E-state index in [2.05, 4.69) is 25.6 Å². The van der Waals surface area contributed by atoms with Gasteiger partial charge in [-0.1, -0.05) is 12.8 Å². The summed E-state index contributed by atoms with van der Waals surface area (Å²) in [5, 5.41) is 16.3. The van der Waals surface area contributed by atoms with Crippen molar-refractivity contribution in [2.75, 3.05) is 18.4 Å². The van der Waals surface area contributed by atoms with Gasteiger partial charge in [0.25, 0.3) is 0 Å². The molecule has 23 heavy (non-hydrogen) atoms. The highest BCUT2D eigenvalue weighted by atomic mass is 15.4. The molecule has 0 aliphatic carbocycles.